The Kier molecular flexibility index (Phi) is 9.90. The van der Waals surface area contributed by atoms with Crippen LogP contribution in [0.1, 0.15) is 45.2 Å². The lowest BCUT2D eigenvalue weighted by molar-refractivity contribution is -0.764. The predicted molar refractivity (Wildman–Crippen MR) is 189 cm³/mol. The van der Waals surface area contributed by atoms with E-state index in [-0.39, 0.29) is 17.6 Å². The first-order chi connectivity index (χ1) is 24.7. The lowest BCUT2D eigenvalue weighted by Gasteiger charge is -2.37. The van der Waals surface area contributed by atoms with Crippen molar-refractivity contribution in [3.63, 3.8) is 0 Å². The third-order valence-electron chi connectivity index (χ3n) is 10.2. The van der Waals surface area contributed by atoms with Crippen molar-refractivity contribution in [1.82, 2.24) is 24.4 Å². The monoisotopic (exact) mass is 699 g/mol. The smallest absolute Gasteiger partial charge is 0.350 e. The zero-order valence-corrected chi connectivity index (χ0v) is 29.3. The van der Waals surface area contributed by atoms with Gasteiger partial charge in [-0.2, -0.15) is 14.9 Å². The van der Waals surface area contributed by atoms with E-state index in [2.05, 4.69) is 70.0 Å². The minimum absolute atomic E-state index is 0.0109. The fourth-order valence-electron chi connectivity index (χ4n) is 7.49. The molecule has 51 heavy (non-hydrogen) atoms. The largest absolute Gasteiger partial charge is 0.493 e. The van der Waals surface area contributed by atoms with Gasteiger partial charge in [0.05, 0.1) is 24.9 Å². The van der Waals surface area contributed by atoms with Crippen molar-refractivity contribution < 1.29 is 22.9 Å². The molecule has 0 spiro atoms. The summed E-state index contributed by atoms with van der Waals surface area (Å²) >= 11 is 0. The van der Waals surface area contributed by atoms with Crippen LogP contribution in [0.3, 0.4) is 0 Å². The van der Waals surface area contributed by atoms with Crippen molar-refractivity contribution in [3.05, 3.63) is 113 Å². The number of benzene rings is 3. The van der Waals surface area contributed by atoms with Gasteiger partial charge in [0.2, 0.25) is 6.33 Å². The van der Waals surface area contributed by atoms with Crippen molar-refractivity contribution in [2.45, 2.75) is 51.8 Å². The summed E-state index contributed by atoms with van der Waals surface area (Å²) in [6, 6.07) is 20.0. The Morgan fingerprint density at radius 2 is 1.65 bits per heavy atom. The Morgan fingerprint density at radius 1 is 0.980 bits per heavy atom. The Bertz CT molecular complexity index is 1950. The highest BCUT2D eigenvalue weighted by Gasteiger charge is 2.46. The second-order valence-electron chi connectivity index (χ2n) is 13.9. The maximum atomic E-state index is 15.0. The van der Waals surface area contributed by atoms with Gasteiger partial charge in [-0.3, -0.25) is 0 Å². The molecule has 0 saturated carbocycles. The summed E-state index contributed by atoms with van der Waals surface area (Å²) in [5.41, 5.74) is 2.30. The van der Waals surface area contributed by atoms with Gasteiger partial charge in [0, 0.05) is 55.1 Å². The summed E-state index contributed by atoms with van der Waals surface area (Å²) in [4.78, 5) is 21.9. The molecule has 0 aliphatic carbocycles. The van der Waals surface area contributed by atoms with Crippen LogP contribution in [-0.4, -0.2) is 63.8 Å². The molecule has 11 nitrogen and oxygen atoms in total. The van der Waals surface area contributed by atoms with E-state index >= 15 is 0 Å². The molecule has 2 aliphatic heterocycles. The lowest BCUT2D eigenvalue weighted by Crippen LogP contribution is -2.47. The summed E-state index contributed by atoms with van der Waals surface area (Å²) in [7, 11) is 0. The van der Waals surface area contributed by atoms with Crippen LogP contribution in [0.15, 0.2) is 90.5 Å². The molecule has 7 rings (SSSR count). The molecule has 1 N–H and O–H groups in total. The van der Waals surface area contributed by atoms with E-state index in [0.29, 0.717) is 37.7 Å². The number of piperazine rings is 1. The minimum Gasteiger partial charge on any atom is -0.493 e. The zero-order chi connectivity index (χ0) is 35.5. The zero-order valence-electron chi connectivity index (χ0n) is 29.3. The molecule has 3 aromatic carbocycles. The lowest BCUT2D eigenvalue weighted by atomic mass is 9.87. The molecule has 2 fully saturated rings. The van der Waals surface area contributed by atoms with Crippen LogP contribution >= 0.6 is 0 Å². The summed E-state index contributed by atoms with van der Waals surface area (Å²) in [5, 5.41) is 7.41. The number of hydrogen-bond donors (Lipinski definition) is 1. The number of anilines is 2. The number of H-pyrrole nitrogens is 1. The fraction of sp³-hybridized carbons (Fsp3) is 0.421. The van der Waals surface area contributed by atoms with Crippen molar-refractivity contribution in [2.75, 3.05) is 49.2 Å². The Labute approximate surface area is 296 Å². The predicted octanol–water partition coefficient (Wildman–Crippen LogP) is 5.27. The van der Waals surface area contributed by atoms with Gasteiger partial charge in [-0.15, -0.1) is 0 Å². The molecule has 268 valence electrons. The maximum absolute atomic E-state index is 15.0. The SMILES string of the molecule is CC[C@@H](C(C)C)n1ncn(-c2ccc(N3CCN(c4ccc(OC[C@H]5COC(C[n+]6cnc[nH]6)(c6ccc(F)cc6F)C5)cc4)CC3)cc2)c1=O. The van der Waals surface area contributed by atoms with Crippen molar-refractivity contribution in [2.24, 2.45) is 11.8 Å². The third-order valence-corrected chi connectivity index (χ3v) is 10.2. The average molecular weight is 700 g/mol. The summed E-state index contributed by atoms with van der Waals surface area (Å²) < 4.78 is 46.1. The number of rotatable bonds is 12. The molecular formula is C38H45F2N8O3+. The summed E-state index contributed by atoms with van der Waals surface area (Å²) in [6.07, 6.45) is 6.14. The van der Waals surface area contributed by atoms with Crippen LogP contribution in [0.25, 0.3) is 5.69 Å². The van der Waals surface area contributed by atoms with Gasteiger partial charge in [0.1, 0.15) is 35.9 Å². The number of ether oxygens (including phenoxy) is 2. The first-order valence-corrected chi connectivity index (χ1v) is 17.7. The second-order valence-corrected chi connectivity index (χ2v) is 13.9. The van der Waals surface area contributed by atoms with Crippen LogP contribution in [0.4, 0.5) is 20.2 Å². The normalized spacial score (nSPS) is 19.9. The van der Waals surface area contributed by atoms with Gasteiger partial charge >= 0.3 is 12.0 Å². The second kappa shape index (κ2) is 14.7. The van der Waals surface area contributed by atoms with Gasteiger partial charge in [-0.05, 0) is 78.3 Å². The van der Waals surface area contributed by atoms with Crippen LogP contribution in [0, 0.1) is 23.5 Å². The molecule has 2 aliphatic rings. The molecule has 2 aromatic heterocycles. The fourth-order valence-corrected chi connectivity index (χ4v) is 7.49. The molecule has 4 heterocycles. The maximum Gasteiger partial charge on any atom is 0.350 e. The van der Waals surface area contributed by atoms with Crippen LogP contribution in [0.5, 0.6) is 5.75 Å². The first-order valence-electron chi connectivity index (χ1n) is 17.7. The van der Waals surface area contributed by atoms with Crippen molar-refractivity contribution in [1.29, 1.82) is 0 Å². The molecule has 13 heteroatoms. The van der Waals surface area contributed by atoms with Crippen molar-refractivity contribution in [3.8, 4) is 11.4 Å². The number of aromatic nitrogens is 6. The molecule has 0 bridgehead atoms. The van der Waals surface area contributed by atoms with Crippen LogP contribution in [-0.2, 0) is 16.9 Å². The Balaban J connectivity index is 0.923. The van der Waals surface area contributed by atoms with Gasteiger partial charge in [-0.25, -0.2) is 22.8 Å². The quantitative estimate of drug-likeness (QED) is 0.178. The van der Waals surface area contributed by atoms with Gasteiger partial charge < -0.3 is 19.3 Å². The minimum atomic E-state index is -0.980. The van der Waals surface area contributed by atoms with E-state index in [1.165, 1.54) is 12.1 Å². The van der Waals surface area contributed by atoms with E-state index in [4.69, 9.17) is 9.47 Å². The van der Waals surface area contributed by atoms with E-state index < -0.39 is 17.2 Å². The van der Waals surface area contributed by atoms with Gasteiger partial charge in [-0.1, -0.05) is 26.8 Å². The number of nitrogens with zero attached hydrogens (tertiary/aromatic N) is 7. The highest BCUT2D eigenvalue weighted by Crippen LogP contribution is 2.41. The molecule has 1 unspecified atom stereocenters. The Morgan fingerprint density at radius 3 is 2.25 bits per heavy atom. The molecule has 5 aromatic rings. The Hall–Kier alpha value is -5.04. The molecular weight excluding hydrogens is 654 g/mol. The standard InChI is InChI=1S/C38H44F2N8O3/c1-4-36(27(2)3)48-37(49)47(26-43-48)32-8-6-30(7-9-32)44-15-17-45(18-16-44)31-10-12-33(13-11-31)50-21-28-20-38(51-22-28,23-46-25-41-24-42-46)34-14-5-29(39)19-35(34)40/h5-14,19,24-28,36H,4,15-18,20-23H2,1-3H3/p+1/t28-,36-,38?/m0/s1. The van der Waals surface area contributed by atoms with Gasteiger partial charge in [0.15, 0.2) is 0 Å². The molecule has 0 amide bonds. The average Bonchev–Trinajstić information content (AvgIpc) is 3.90. The van der Waals surface area contributed by atoms with E-state index in [1.807, 2.05) is 24.3 Å². The highest BCUT2D eigenvalue weighted by molar-refractivity contribution is 5.54. The number of aromatic amines is 1. The van der Waals surface area contributed by atoms with E-state index in [1.54, 1.807) is 32.9 Å². The summed E-state index contributed by atoms with van der Waals surface area (Å²) in [6.45, 7) is 10.9. The molecule has 3 atom stereocenters. The van der Waals surface area contributed by atoms with Crippen molar-refractivity contribution >= 4 is 11.4 Å². The number of hydrogen-bond acceptors (Lipinski definition) is 7. The third kappa shape index (κ3) is 7.25. The topological polar surface area (TPSA) is 97.3 Å². The van der Waals surface area contributed by atoms with Crippen LogP contribution in [0.2, 0.25) is 0 Å². The van der Waals surface area contributed by atoms with Crippen LogP contribution < -0.4 is 24.9 Å². The van der Waals surface area contributed by atoms with Gasteiger partial charge in [0.25, 0.3) is 0 Å². The number of halogens is 2. The number of nitrogens with one attached hydrogen (secondary N) is 1. The first kappa shape index (κ1) is 34.4. The van der Waals surface area contributed by atoms with E-state index in [0.717, 1.165) is 61.5 Å². The van der Waals surface area contributed by atoms with E-state index in [9.17, 15) is 13.6 Å². The molecule has 0 radical (unpaired) electrons. The summed E-state index contributed by atoms with van der Waals surface area (Å²) in [5.74, 6) is -0.163. The molecule has 2 saturated heterocycles. The highest BCUT2D eigenvalue weighted by atomic mass is 19.1.